The third-order valence-electron chi connectivity index (χ3n) is 3.65. The summed E-state index contributed by atoms with van der Waals surface area (Å²) in [7, 11) is -1.09. The van der Waals surface area contributed by atoms with Gasteiger partial charge in [0.05, 0.1) is 18.3 Å². The van der Waals surface area contributed by atoms with Crippen molar-refractivity contribution in [3.05, 3.63) is 29.1 Å². The molecule has 0 radical (unpaired) electrons. The van der Waals surface area contributed by atoms with Crippen LogP contribution in [0.3, 0.4) is 0 Å². The summed E-state index contributed by atoms with van der Waals surface area (Å²) in [5.41, 5.74) is 0.950. The van der Waals surface area contributed by atoms with Crippen LogP contribution in [-0.4, -0.2) is 37.3 Å². The molecule has 2 heterocycles. The van der Waals surface area contributed by atoms with Gasteiger partial charge in [0.15, 0.2) is 0 Å². The molecule has 0 aromatic heterocycles. The average molecular weight is 279 g/mol. The predicted molar refractivity (Wildman–Crippen MR) is 70.1 cm³/mol. The van der Waals surface area contributed by atoms with E-state index in [1.165, 1.54) is 12.1 Å². The van der Waals surface area contributed by atoms with Crippen molar-refractivity contribution in [2.75, 3.05) is 13.2 Å². The van der Waals surface area contributed by atoms with Gasteiger partial charge in [-0.05, 0) is 36.0 Å². The fraction of sp³-hybridized carbons (Fsp3) is 0.462. The fourth-order valence-electron chi connectivity index (χ4n) is 2.53. The van der Waals surface area contributed by atoms with Crippen LogP contribution in [0.2, 0.25) is 0 Å². The first-order chi connectivity index (χ1) is 9.65. The molecule has 106 valence electrons. The zero-order chi connectivity index (χ0) is 14.1. The summed E-state index contributed by atoms with van der Waals surface area (Å²) >= 11 is 0. The topological polar surface area (TPSA) is 67.8 Å². The predicted octanol–water partition coefficient (Wildman–Crippen LogP) is -0.0478. The third kappa shape index (κ3) is 2.56. The van der Waals surface area contributed by atoms with E-state index < -0.39 is 18.8 Å². The molecular weight excluding hydrogens is 264 g/mol. The Balaban J connectivity index is 1.72. The second-order valence-corrected chi connectivity index (χ2v) is 5.04. The van der Waals surface area contributed by atoms with E-state index in [0.29, 0.717) is 24.2 Å². The smallest absolute Gasteiger partial charge is 0.423 e. The number of carbonyl (C=O) groups is 1. The second-order valence-electron chi connectivity index (χ2n) is 5.04. The highest BCUT2D eigenvalue weighted by Gasteiger charge is 2.30. The molecular formula is C13H15BFNO4. The Labute approximate surface area is 116 Å². The van der Waals surface area contributed by atoms with Crippen LogP contribution in [0.4, 0.5) is 4.39 Å². The molecule has 1 saturated heterocycles. The van der Waals surface area contributed by atoms with E-state index in [2.05, 4.69) is 5.32 Å². The molecule has 20 heavy (non-hydrogen) atoms. The molecule has 3 rings (SSSR count). The molecule has 1 aromatic carbocycles. The van der Waals surface area contributed by atoms with Crippen LogP contribution in [0.15, 0.2) is 12.1 Å². The molecule has 0 saturated carbocycles. The first-order valence-electron chi connectivity index (χ1n) is 6.67. The SMILES string of the molecule is O=C(NCC1CCCO1)c1cc2c(cc1F)COB2O. The van der Waals surface area contributed by atoms with E-state index in [1.807, 2.05) is 0 Å². The molecule has 1 amide bonds. The zero-order valence-corrected chi connectivity index (χ0v) is 10.9. The van der Waals surface area contributed by atoms with Crippen LogP contribution < -0.4 is 10.8 Å². The number of benzene rings is 1. The molecule has 1 atom stereocenters. The molecule has 5 nitrogen and oxygen atoms in total. The summed E-state index contributed by atoms with van der Waals surface area (Å²) in [6.45, 7) is 1.23. The number of fused-ring (bicyclic) bond motifs is 1. The molecule has 1 fully saturated rings. The Kier molecular flexibility index (Phi) is 3.73. The lowest BCUT2D eigenvalue weighted by molar-refractivity contribution is 0.0854. The van der Waals surface area contributed by atoms with Gasteiger partial charge < -0.3 is 19.7 Å². The largest absolute Gasteiger partial charge is 0.491 e. The van der Waals surface area contributed by atoms with Gasteiger partial charge in [0.2, 0.25) is 0 Å². The quantitative estimate of drug-likeness (QED) is 0.761. The lowest BCUT2D eigenvalue weighted by Gasteiger charge is -2.12. The Bertz CT molecular complexity index is 533. The molecule has 0 bridgehead atoms. The van der Waals surface area contributed by atoms with Gasteiger partial charge >= 0.3 is 7.12 Å². The molecule has 7 heteroatoms. The van der Waals surface area contributed by atoms with Gasteiger partial charge in [-0.1, -0.05) is 0 Å². The Morgan fingerprint density at radius 2 is 2.40 bits per heavy atom. The highest BCUT2D eigenvalue weighted by atomic mass is 19.1. The summed E-state index contributed by atoms with van der Waals surface area (Å²) < 4.78 is 24.3. The van der Waals surface area contributed by atoms with Gasteiger partial charge in [-0.2, -0.15) is 0 Å². The first kappa shape index (κ1) is 13.5. The minimum absolute atomic E-state index is 0.00496. The summed E-state index contributed by atoms with van der Waals surface area (Å²) in [5, 5.41) is 12.2. The molecule has 2 aliphatic heterocycles. The minimum atomic E-state index is -1.09. The standard InChI is InChI=1S/C13H15BFNO4/c15-12-4-8-7-20-14(18)11(8)5-10(12)13(17)16-6-9-2-1-3-19-9/h4-5,9,18H,1-3,6-7H2,(H,16,17). The third-order valence-corrected chi connectivity index (χ3v) is 3.65. The van der Waals surface area contributed by atoms with E-state index in [-0.39, 0.29) is 18.3 Å². The molecule has 2 aliphatic rings. The lowest BCUT2D eigenvalue weighted by Crippen LogP contribution is -2.34. The summed E-state index contributed by atoms with van der Waals surface area (Å²) in [6, 6.07) is 2.60. The van der Waals surface area contributed by atoms with Crippen molar-refractivity contribution in [2.24, 2.45) is 0 Å². The number of hydrogen-bond acceptors (Lipinski definition) is 4. The number of amides is 1. The Morgan fingerprint density at radius 3 is 3.15 bits per heavy atom. The average Bonchev–Trinajstić information content (AvgIpc) is 3.06. The zero-order valence-electron chi connectivity index (χ0n) is 10.9. The van der Waals surface area contributed by atoms with E-state index in [0.717, 1.165) is 12.8 Å². The Morgan fingerprint density at radius 1 is 1.55 bits per heavy atom. The summed E-state index contributed by atoms with van der Waals surface area (Å²) in [4.78, 5) is 12.0. The minimum Gasteiger partial charge on any atom is -0.423 e. The normalized spacial score (nSPS) is 21.1. The molecule has 0 spiro atoms. The van der Waals surface area contributed by atoms with E-state index in [1.54, 1.807) is 0 Å². The van der Waals surface area contributed by atoms with Gasteiger partial charge in [0, 0.05) is 13.2 Å². The highest BCUT2D eigenvalue weighted by Crippen LogP contribution is 2.16. The molecule has 0 aliphatic carbocycles. The van der Waals surface area contributed by atoms with E-state index >= 15 is 0 Å². The molecule has 1 unspecified atom stereocenters. The van der Waals surface area contributed by atoms with Crippen LogP contribution in [0, 0.1) is 5.82 Å². The van der Waals surface area contributed by atoms with Crippen molar-refractivity contribution >= 4 is 18.5 Å². The van der Waals surface area contributed by atoms with Gasteiger partial charge in [0.1, 0.15) is 5.82 Å². The van der Waals surface area contributed by atoms with Crippen molar-refractivity contribution in [3.8, 4) is 0 Å². The first-order valence-corrected chi connectivity index (χ1v) is 6.67. The summed E-state index contributed by atoms with van der Waals surface area (Å²) in [5.74, 6) is -1.11. The van der Waals surface area contributed by atoms with Crippen LogP contribution in [-0.2, 0) is 16.0 Å². The number of carbonyl (C=O) groups excluding carboxylic acids is 1. The van der Waals surface area contributed by atoms with Crippen LogP contribution in [0.1, 0.15) is 28.8 Å². The Hall–Kier alpha value is -1.44. The second kappa shape index (κ2) is 5.51. The maximum atomic E-state index is 13.9. The van der Waals surface area contributed by atoms with Crippen LogP contribution >= 0.6 is 0 Å². The van der Waals surface area contributed by atoms with Gasteiger partial charge in [0.25, 0.3) is 5.91 Å². The molecule has 2 N–H and O–H groups in total. The number of halogens is 1. The van der Waals surface area contributed by atoms with Crippen molar-refractivity contribution in [2.45, 2.75) is 25.6 Å². The van der Waals surface area contributed by atoms with Gasteiger partial charge in [-0.25, -0.2) is 4.39 Å². The van der Waals surface area contributed by atoms with Crippen molar-refractivity contribution in [1.82, 2.24) is 5.32 Å². The number of ether oxygens (including phenoxy) is 1. The number of rotatable bonds is 3. The highest BCUT2D eigenvalue weighted by molar-refractivity contribution is 6.61. The maximum Gasteiger partial charge on any atom is 0.491 e. The monoisotopic (exact) mass is 279 g/mol. The van der Waals surface area contributed by atoms with E-state index in [9.17, 15) is 14.2 Å². The summed E-state index contributed by atoms with van der Waals surface area (Å²) in [6.07, 6.45) is 1.89. The van der Waals surface area contributed by atoms with Gasteiger partial charge in [-0.3, -0.25) is 4.79 Å². The fourth-order valence-corrected chi connectivity index (χ4v) is 2.53. The molecule has 1 aromatic rings. The van der Waals surface area contributed by atoms with Crippen molar-refractivity contribution in [1.29, 1.82) is 0 Å². The van der Waals surface area contributed by atoms with Crippen molar-refractivity contribution in [3.63, 3.8) is 0 Å². The van der Waals surface area contributed by atoms with Gasteiger partial charge in [-0.15, -0.1) is 0 Å². The van der Waals surface area contributed by atoms with Crippen molar-refractivity contribution < 1.29 is 23.6 Å². The lowest BCUT2D eigenvalue weighted by atomic mass is 9.78. The van der Waals surface area contributed by atoms with E-state index in [4.69, 9.17) is 9.39 Å². The van der Waals surface area contributed by atoms with Crippen LogP contribution in [0.25, 0.3) is 0 Å². The number of nitrogens with one attached hydrogen (secondary N) is 1. The maximum absolute atomic E-state index is 13.9. The number of hydrogen-bond donors (Lipinski definition) is 2. The van der Waals surface area contributed by atoms with Crippen LogP contribution in [0.5, 0.6) is 0 Å².